The first-order chi connectivity index (χ1) is 0. The fourth-order valence-electron chi connectivity index (χ4n) is 0. The molecule has 4 heavy (non-hydrogen) atoms. The number of rotatable bonds is 0. The minimum Gasteiger partial charge on any atom is -0.412 e. The van der Waals surface area contributed by atoms with E-state index in [1.807, 2.05) is 0 Å². The van der Waals surface area contributed by atoms with Crippen LogP contribution in [0, 0.1) is 0 Å². The van der Waals surface area contributed by atoms with Crippen molar-refractivity contribution in [3.63, 3.8) is 0 Å². The van der Waals surface area contributed by atoms with Crippen molar-refractivity contribution in [2.45, 2.75) is 0 Å². The maximum Gasteiger partial charge on any atom is 0 e. The fraction of sp³-hybridized carbons (Fsp3) is 0. The molecule has 6 radical (unpaired) electrons. The minimum atomic E-state index is 0. The third kappa shape index (κ3) is 8.85. The van der Waals surface area contributed by atoms with Gasteiger partial charge in [0.1, 0.15) is 0 Å². The predicted molar refractivity (Wildman–Crippen MR) is 15.1 cm³/mol. The molecule has 0 aromatic heterocycles. The van der Waals surface area contributed by atoms with E-state index in [4.69, 9.17) is 0 Å². The second-order valence-electron chi connectivity index (χ2n) is 0. The molecule has 0 aromatic rings. The molecule has 4 heteroatoms. The van der Waals surface area contributed by atoms with E-state index in [1.54, 1.807) is 0 Å². The van der Waals surface area contributed by atoms with Crippen molar-refractivity contribution in [1.82, 2.24) is 0 Å². The van der Waals surface area contributed by atoms with E-state index in [1.165, 1.54) is 0 Å². The molecule has 0 unspecified atom stereocenters. The molecule has 0 bridgehead atoms. The summed E-state index contributed by atoms with van der Waals surface area (Å²) in [5.74, 6) is 0. The molecule has 0 aliphatic rings. The Morgan fingerprint density at radius 3 is 1.00 bits per heavy atom. The Morgan fingerprint density at radius 2 is 1.00 bits per heavy atom. The molecule has 0 atom stereocenters. The molecule has 0 spiro atoms. The fourth-order valence-corrected chi connectivity index (χ4v) is 0. The van der Waals surface area contributed by atoms with Crippen molar-refractivity contribution < 1.29 is 27.9 Å². The molecule has 1 nitrogen and oxygen atoms in total. The molecule has 20 valence electrons. The maximum absolute atomic E-state index is 0. The molecule has 0 saturated carbocycles. The van der Waals surface area contributed by atoms with Crippen molar-refractivity contribution >= 4 is 63.9 Å². The summed E-state index contributed by atoms with van der Waals surface area (Å²) in [7, 11) is 0. The predicted octanol–water partition coefficient (Wildman–Crippen LogP) is -1.59. The van der Waals surface area contributed by atoms with Crippen LogP contribution < -0.4 is 0 Å². The molecule has 0 heterocycles. The first-order valence-corrected chi connectivity index (χ1v) is 0. The zero-order valence-corrected chi connectivity index (χ0v) is 11.0. The van der Waals surface area contributed by atoms with Gasteiger partial charge in [0.2, 0.25) is 0 Å². The third-order valence-electron chi connectivity index (χ3n) is 0. The summed E-state index contributed by atoms with van der Waals surface area (Å²) in [6.45, 7) is 0. The molecule has 0 aromatic carbocycles. The second kappa shape index (κ2) is 17.0. The van der Waals surface area contributed by atoms with Gasteiger partial charge in [-0.1, -0.05) is 0 Å². The van der Waals surface area contributed by atoms with E-state index in [2.05, 4.69) is 0 Å². The Hall–Kier alpha value is 2.84. The van der Waals surface area contributed by atoms with Crippen molar-refractivity contribution in [1.29, 1.82) is 0 Å². The van der Waals surface area contributed by atoms with Crippen LogP contribution in [0.2, 0.25) is 0 Å². The van der Waals surface area contributed by atoms with E-state index in [0.29, 0.717) is 0 Å². The van der Waals surface area contributed by atoms with Gasteiger partial charge in [0, 0.05) is 86.3 Å². The van der Waals surface area contributed by atoms with Gasteiger partial charge in [0.05, 0.1) is 0 Å². The molecular formula is H2BiCaOTa. The zero-order chi connectivity index (χ0) is 0. The topological polar surface area (TPSA) is 31.5 Å². The van der Waals surface area contributed by atoms with Gasteiger partial charge < -0.3 is 5.48 Å². The van der Waals surface area contributed by atoms with E-state index in [0.717, 1.165) is 0 Å². The summed E-state index contributed by atoms with van der Waals surface area (Å²) in [4.78, 5) is 0. The Kier molecular flexibility index (Phi) is 123. The van der Waals surface area contributed by atoms with Crippen LogP contribution in [0.15, 0.2) is 0 Å². The average molecular weight is 448 g/mol. The Balaban J connectivity index is 0. The molecule has 0 rings (SSSR count). The summed E-state index contributed by atoms with van der Waals surface area (Å²) in [5.41, 5.74) is 0. The zero-order valence-electron chi connectivity index (χ0n) is 2.10. The van der Waals surface area contributed by atoms with Gasteiger partial charge in [0.25, 0.3) is 0 Å². The molecule has 0 fully saturated rings. The van der Waals surface area contributed by atoms with Crippen molar-refractivity contribution in [2.24, 2.45) is 0 Å². The summed E-state index contributed by atoms with van der Waals surface area (Å²) in [6, 6.07) is 0. The van der Waals surface area contributed by atoms with Gasteiger partial charge in [-0.05, 0) is 0 Å². The van der Waals surface area contributed by atoms with Crippen LogP contribution in [-0.4, -0.2) is 69.4 Å². The van der Waals surface area contributed by atoms with Gasteiger partial charge in [-0.3, -0.25) is 0 Å². The quantitative estimate of drug-likeness (QED) is 0.401. The number of hydrogen-bond acceptors (Lipinski definition) is 0. The van der Waals surface area contributed by atoms with Crippen LogP contribution in [0.1, 0.15) is 0 Å². The summed E-state index contributed by atoms with van der Waals surface area (Å²) < 4.78 is 0. The third-order valence-corrected chi connectivity index (χ3v) is 0. The van der Waals surface area contributed by atoms with Crippen LogP contribution in [-0.2, 0) is 22.4 Å². The van der Waals surface area contributed by atoms with Crippen LogP contribution in [0.25, 0.3) is 0 Å². The van der Waals surface area contributed by atoms with E-state index in [9.17, 15) is 0 Å². The van der Waals surface area contributed by atoms with E-state index < -0.39 is 0 Å². The van der Waals surface area contributed by atoms with Crippen LogP contribution in [0.4, 0.5) is 0 Å². The Labute approximate surface area is 89.8 Å². The van der Waals surface area contributed by atoms with Gasteiger partial charge in [-0.25, -0.2) is 0 Å². The smallest absolute Gasteiger partial charge is 0 e. The summed E-state index contributed by atoms with van der Waals surface area (Å²) in [5, 5.41) is 0. The standard InChI is InChI=1S/Bi.Ca.H2O.Ta/h;;1H2;. The van der Waals surface area contributed by atoms with Crippen molar-refractivity contribution in [3.05, 3.63) is 0 Å². The molecule has 0 saturated heterocycles. The minimum absolute atomic E-state index is 0. The van der Waals surface area contributed by atoms with Gasteiger partial charge in [0.15, 0.2) is 0 Å². The van der Waals surface area contributed by atoms with E-state index in [-0.39, 0.29) is 91.8 Å². The van der Waals surface area contributed by atoms with Gasteiger partial charge in [-0.2, -0.15) is 0 Å². The SMILES string of the molecule is O.[Bi].[Ca].[Ta]. The summed E-state index contributed by atoms with van der Waals surface area (Å²) in [6.07, 6.45) is 0. The monoisotopic (exact) mass is 448 g/mol. The van der Waals surface area contributed by atoms with Gasteiger partial charge >= 0.3 is 0 Å². The first kappa shape index (κ1) is 28.9. The van der Waals surface area contributed by atoms with Crippen molar-refractivity contribution in [3.8, 4) is 0 Å². The van der Waals surface area contributed by atoms with Crippen molar-refractivity contribution in [2.75, 3.05) is 0 Å². The average Bonchev–Trinajstić information content (AvgIpc) is 0. The molecule has 0 amide bonds. The molecule has 0 aliphatic heterocycles. The van der Waals surface area contributed by atoms with Crippen LogP contribution in [0.5, 0.6) is 0 Å². The molecule has 0 aliphatic carbocycles. The summed E-state index contributed by atoms with van der Waals surface area (Å²) >= 11 is 0. The number of hydrogen-bond donors (Lipinski definition) is 0. The normalized spacial score (nSPS) is 0. The molecule has 2 N–H and O–H groups in total. The van der Waals surface area contributed by atoms with Crippen LogP contribution in [0.3, 0.4) is 0 Å². The second-order valence-corrected chi connectivity index (χ2v) is 0. The Morgan fingerprint density at radius 1 is 1.00 bits per heavy atom. The largest absolute Gasteiger partial charge is 0.412 e. The van der Waals surface area contributed by atoms with Crippen LogP contribution >= 0.6 is 0 Å². The Bertz CT molecular complexity index is 8.00. The van der Waals surface area contributed by atoms with E-state index >= 15 is 0 Å². The maximum atomic E-state index is 0. The van der Waals surface area contributed by atoms with Gasteiger partial charge in [-0.15, -0.1) is 0 Å². The molecular weight excluding hydrogens is 446 g/mol. The first-order valence-electron chi connectivity index (χ1n) is 0.